The van der Waals surface area contributed by atoms with Crippen LogP contribution in [-0.2, 0) is 31.1 Å². The molecule has 1 unspecified atom stereocenters. The van der Waals surface area contributed by atoms with Gasteiger partial charge in [-0.3, -0.25) is 9.89 Å². The third-order valence-electron chi connectivity index (χ3n) is 3.07. The van der Waals surface area contributed by atoms with Crippen LogP contribution in [0.2, 0.25) is 10.0 Å². The second-order valence-corrected chi connectivity index (χ2v) is 5.47. The Morgan fingerprint density at radius 1 is 1.35 bits per heavy atom. The number of benzene rings is 1. The van der Waals surface area contributed by atoms with Crippen LogP contribution in [0.25, 0.3) is 0 Å². The van der Waals surface area contributed by atoms with E-state index in [4.69, 9.17) is 32.7 Å². The Balaban J connectivity index is 2.63. The van der Waals surface area contributed by atoms with Crippen LogP contribution < -0.4 is 0 Å². The average Bonchev–Trinajstić information content (AvgIpc) is 2.97. The summed E-state index contributed by atoms with van der Waals surface area (Å²) in [6, 6.07) is 4.47. The molecular weight excluding hydrogens is 345 g/mol. The highest BCUT2D eigenvalue weighted by Gasteiger charge is 2.47. The zero-order chi connectivity index (χ0) is 17.0. The van der Waals surface area contributed by atoms with Gasteiger partial charge in [-0.15, -0.1) is 0 Å². The van der Waals surface area contributed by atoms with Gasteiger partial charge in [0, 0.05) is 22.5 Å². The Kier molecular flexibility index (Phi) is 5.23. The average molecular weight is 358 g/mol. The first-order valence-corrected chi connectivity index (χ1v) is 7.23. The number of ether oxygens (including phenoxy) is 2. The van der Waals surface area contributed by atoms with Gasteiger partial charge >= 0.3 is 11.9 Å². The van der Waals surface area contributed by atoms with Crippen molar-refractivity contribution in [2.45, 2.75) is 18.9 Å². The topological polar surface area (TPSA) is 94.2 Å². The molecule has 122 valence electrons. The van der Waals surface area contributed by atoms with Crippen molar-refractivity contribution >= 4 is 35.1 Å². The fourth-order valence-corrected chi connectivity index (χ4v) is 2.74. The molecule has 2 aromatic rings. The van der Waals surface area contributed by atoms with E-state index in [1.165, 1.54) is 38.6 Å². The van der Waals surface area contributed by atoms with Gasteiger partial charge in [-0.25, -0.2) is 9.78 Å². The van der Waals surface area contributed by atoms with E-state index in [9.17, 15) is 9.59 Å². The molecular formula is C14H13Cl2N3O4. The summed E-state index contributed by atoms with van der Waals surface area (Å²) in [4.78, 5) is 28.1. The van der Waals surface area contributed by atoms with Crippen molar-refractivity contribution in [3.63, 3.8) is 0 Å². The van der Waals surface area contributed by atoms with Gasteiger partial charge in [-0.05, 0) is 12.1 Å². The van der Waals surface area contributed by atoms with Gasteiger partial charge in [-0.2, -0.15) is 5.10 Å². The maximum atomic E-state index is 12.5. The molecule has 1 atom stereocenters. The van der Waals surface area contributed by atoms with Crippen LogP contribution in [0.15, 0.2) is 24.5 Å². The monoisotopic (exact) mass is 357 g/mol. The maximum Gasteiger partial charge on any atom is 0.355 e. The minimum absolute atomic E-state index is 0.149. The Morgan fingerprint density at radius 3 is 2.61 bits per heavy atom. The molecule has 2 rings (SSSR count). The first-order chi connectivity index (χ1) is 10.9. The summed E-state index contributed by atoms with van der Waals surface area (Å²) >= 11 is 12.1. The molecule has 0 spiro atoms. The number of methoxy groups -OCH3 is 1. The smallest absolute Gasteiger partial charge is 0.355 e. The van der Waals surface area contributed by atoms with E-state index in [-0.39, 0.29) is 22.8 Å². The number of esters is 2. The number of rotatable bonds is 5. The molecule has 7 nitrogen and oxygen atoms in total. The summed E-state index contributed by atoms with van der Waals surface area (Å²) in [6.45, 7) is 1.18. The van der Waals surface area contributed by atoms with Crippen molar-refractivity contribution in [1.29, 1.82) is 0 Å². The molecule has 0 radical (unpaired) electrons. The van der Waals surface area contributed by atoms with Crippen molar-refractivity contribution in [1.82, 2.24) is 15.2 Å². The number of hydrogen-bond acceptors (Lipinski definition) is 6. The zero-order valence-corrected chi connectivity index (χ0v) is 13.8. The lowest BCUT2D eigenvalue weighted by Crippen LogP contribution is -2.43. The molecule has 0 fully saturated rings. The molecule has 9 heteroatoms. The third-order valence-corrected chi connectivity index (χ3v) is 3.62. The van der Waals surface area contributed by atoms with E-state index < -0.39 is 17.5 Å². The number of carbonyl (C=O) groups excluding carboxylic acids is 2. The van der Waals surface area contributed by atoms with Crippen LogP contribution in [0.3, 0.4) is 0 Å². The minimum atomic E-state index is -1.82. The number of nitrogens with zero attached hydrogens (tertiary/aromatic N) is 2. The van der Waals surface area contributed by atoms with Gasteiger partial charge in [0.25, 0.3) is 0 Å². The van der Waals surface area contributed by atoms with Crippen molar-refractivity contribution in [2.24, 2.45) is 0 Å². The number of H-pyrrole nitrogens is 1. The zero-order valence-electron chi connectivity index (χ0n) is 12.3. The summed E-state index contributed by atoms with van der Waals surface area (Å²) in [5.41, 5.74) is -1.58. The highest BCUT2D eigenvalue weighted by atomic mass is 35.5. The van der Waals surface area contributed by atoms with Crippen LogP contribution in [-0.4, -0.2) is 34.2 Å². The van der Waals surface area contributed by atoms with E-state index in [1.54, 1.807) is 0 Å². The Morgan fingerprint density at radius 2 is 2.09 bits per heavy atom. The van der Waals surface area contributed by atoms with Crippen LogP contribution >= 0.6 is 23.2 Å². The third kappa shape index (κ3) is 3.62. The van der Waals surface area contributed by atoms with Crippen molar-refractivity contribution in [2.75, 3.05) is 7.11 Å². The van der Waals surface area contributed by atoms with Crippen molar-refractivity contribution in [3.8, 4) is 0 Å². The normalized spacial score (nSPS) is 13.2. The van der Waals surface area contributed by atoms with E-state index in [1.807, 2.05) is 0 Å². The molecule has 1 heterocycles. The van der Waals surface area contributed by atoms with E-state index in [2.05, 4.69) is 15.2 Å². The summed E-state index contributed by atoms with van der Waals surface area (Å²) in [7, 11) is 1.18. The van der Waals surface area contributed by atoms with Gasteiger partial charge in [0.05, 0.1) is 13.5 Å². The number of nitrogens with one attached hydrogen (secondary N) is 1. The minimum Gasteiger partial charge on any atom is -0.466 e. The summed E-state index contributed by atoms with van der Waals surface area (Å²) in [5.74, 6) is -1.23. The van der Waals surface area contributed by atoms with E-state index in [0.29, 0.717) is 5.02 Å². The summed E-state index contributed by atoms with van der Waals surface area (Å²) in [6.07, 6.45) is 1.19. The Hall–Kier alpha value is -2.12. The van der Waals surface area contributed by atoms with Gasteiger partial charge in [0.15, 0.2) is 5.82 Å². The predicted octanol–water partition coefficient (Wildman–Crippen LogP) is 2.29. The fraction of sp³-hybridized carbons (Fsp3) is 0.286. The Labute approximate surface area is 141 Å². The fourth-order valence-electron chi connectivity index (χ4n) is 2.18. The quantitative estimate of drug-likeness (QED) is 0.825. The number of carbonyl (C=O) groups is 2. The second kappa shape index (κ2) is 6.97. The lowest BCUT2D eigenvalue weighted by molar-refractivity contribution is -0.181. The molecule has 0 saturated heterocycles. The highest BCUT2D eigenvalue weighted by molar-refractivity contribution is 6.35. The standard InChI is InChI=1S/C14H13Cl2N3O4/c1-8(20)23-14(13(21)22-2,6-12-17-7-18-19-12)10-4-3-9(15)5-11(10)16/h3-5,7H,6H2,1-2H3,(H,17,18,19). The van der Waals surface area contributed by atoms with Crippen LogP contribution in [0.5, 0.6) is 0 Å². The Bertz CT molecular complexity index is 721. The second-order valence-electron chi connectivity index (χ2n) is 4.63. The number of aromatic amines is 1. The lowest BCUT2D eigenvalue weighted by atomic mass is 9.89. The molecule has 0 aliphatic rings. The van der Waals surface area contributed by atoms with Crippen molar-refractivity contribution < 1.29 is 19.1 Å². The van der Waals surface area contributed by atoms with Crippen molar-refractivity contribution in [3.05, 3.63) is 46.0 Å². The molecule has 0 amide bonds. The van der Waals surface area contributed by atoms with E-state index >= 15 is 0 Å². The molecule has 0 aliphatic carbocycles. The van der Waals surface area contributed by atoms with Gasteiger partial charge in [0.2, 0.25) is 5.60 Å². The molecule has 1 aromatic heterocycles. The molecule has 0 bridgehead atoms. The predicted molar refractivity (Wildman–Crippen MR) is 82.0 cm³/mol. The number of halogens is 2. The van der Waals surface area contributed by atoms with Gasteiger partial charge in [0.1, 0.15) is 6.33 Å². The van der Waals surface area contributed by atoms with Crippen LogP contribution in [0.4, 0.5) is 0 Å². The first kappa shape index (κ1) is 17.2. The summed E-state index contributed by atoms with van der Waals surface area (Å²) < 4.78 is 10.2. The molecule has 23 heavy (non-hydrogen) atoms. The lowest BCUT2D eigenvalue weighted by Gasteiger charge is -2.30. The molecule has 0 saturated carbocycles. The molecule has 1 aromatic carbocycles. The number of aromatic nitrogens is 3. The van der Waals surface area contributed by atoms with Crippen LogP contribution in [0, 0.1) is 0 Å². The highest BCUT2D eigenvalue weighted by Crippen LogP contribution is 2.37. The first-order valence-electron chi connectivity index (χ1n) is 6.47. The SMILES string of the molecule is COC(=O)C(Cc1nc[nH]n1)(OC(C)=O)c1ccc(Cl)cc1Cl. The van der Waals surface area contributed by atoms with Crippen LogP contribution in [0.1, 0.15) is 18.3 Å². The molecule has 1 N–H and O–H groups in total. The van der Waals surface area contributed by atoms with Gasteiger partial charge < -0.3 is 9.47 Å². The maximum absolute atomic E-state index is 12.5. The molecule has 0 aliphatic heterocycles. The largest absolute Gasteiger partial charge is 0.466 e. The summed E-state index contributed by atoms with van der Waals surface area (Å²) in [5, 5.41) is 6.95. The van der Waals surface area contributed by atoms with E-state index in [0.717, 1.165) is 0 Å². The number of hydrogen-bond donors (Lipinski definition) is 1. The van der Waals surface area contributed by atoms with Gasteiger partial charge in [-0.1, -0.05) is 29.3 Å².